The summed E-state index contributed by atoms with van der Waals surface area (Å²) >= 11 is 12.1. The number of aromatic nitrogens is 2. The Morgan fingerprint density at radius 1 is 1.20 bits per heavy atom. The van der Waals surface area contributed by atoms with Crippen LogP contribution < -0.4 is 0 Å². The van der Waals surface area contributed by atoms with Crippen molar-refractivity contribution >= 4 is 34.7 Å². The van der Waals surface area contributed by atoms with Gasteiger partial charge in [-0.2, -0.15) is 0 Å². The number of carboxylic acids is 1. The highest BCUT2D eigenvalue weighted by Gasteiger charge is 2.13. The molecule has 0 radical (unpaired) electrons. The summed E-state index contributed by atoms with van der Waals surface area (Å²) in [6.45, 7) is 0. The fraction of sp³-hybridized carbons (Fsp3) is 0. The van der Waals surface area contributed by atoms with E-state index in [1.54, 1.807) is 28.7 Å². The van der Waals surface area contributed by atoms with Crippen molar-refractivity contribution in [2.45, 2.75) is 0 Å². The topological polar surface area (TPSA) is 54.6 Å². The number of carbonyl (C=O) groups is 1. The van der Waals surface area contributed by atoms with E-state index in [4.69, 9.17) is 28.3 Å². The molecule has 0 amide bonds. The standard InChI is InChI=1S/C14H8Cl2N2O2/c15-10-3-1-2-8(6-10)13-17-12(16)11-5-4-9(14(19)20)7-18(11)13/h1-7H,(H,19,20). The number of hydrogen-bond acceptors (Lipinski definition) is 2. The van der Waals surface area contributed by atoms with E-state index >= 15 is 0 Å². The molecule has 3 aromatic rings. The fourth-order valence-electron chi connectivity index (χ4n) is 2.01. The van der Waals surface area contributed by atoms with Gasteiger partial charge in [0.25, 0.3) is 0 Å². The Morgan fingerprint density at radius 2 is 2.00 bits per heavy atom. The smallest absolute Gasteiger partial charge is 0.337 e. The number of benzene rings is 1. The Hall–Kier alpha value is -2.04. The maximum Gasteiger partial charge on any atom is 0.337 e. The lowest BCUT2D eigenvalue weighted by Gasteiger charge is -2.03. The highest BCUT2D eigenvalue weighted by molar-refractivity contribution is 6.33. The number of imidazole rings is 1. The Balaban J connectivity index is 2.30. The van der Waals surface area contributed by atoms with Gasteiger partial charge in [0.15, 0.2) is 5.15 Å². The lowest BCUT2D eigenvalue weighted by molar-refractivity contribution is 0.0696. The van der Waals surface area contributed by atoms with Gasteiger partial charge in [-0.1, -0.05) is 35.3 Å². The maximum absolute atomic E-state index is 11.1. The van der Waals surface area contributed by atoms with Crippen molar-refractivity contribution in [2.24, 2.45) is 0 Å². The van der Waals surface area contributed by atoms with E-state index < -0.39 is 5.97 Å². The predicted molar refractivity (Wildman–Crippen MR) is 77.6 cm³/mol. The molecule has 0 aliphatic heterocycles. The van der Waals surface area contributed by atoms with E-state index in [0.717, 1.165) is 5.56 Å². The number of nitrogens with zero attached hydrogens (tertiary/aromatic N) is 2. The zero-order valence-electron chi connectivity index (χ0n) is 10.0. The molecule has 0 aliphatic rings. The van der Waals surface area contributed by atoms with Gasteiger partial charge in [-0.15, -0.1) is 0 Å². The number of rotatable bonds is 2. The maximum atomic E-state index is 11.1. The van der Waals surface area contributed by atoms with Gasteiger partial charge in [0, 0.05) is 16.8 Å². The molecule has 100 valence electrons. The summed E-state index contributed by atoms with van der Waals surface area (Å²) in [4.78, 5) is 15.3. The van der Waals surface area contributed by atoms with E-state index in [9.17, 15) is 4.79 Å². The minimum absolute atomic E-state index is 0.162. The third-order valence-corrected chi connectivity index (χ3v) is 3.44. The lowest BCUT2D eigenvalue weighted by atomic mass is 10.2. The van der Waals surface area contributed by atoms with Crippen LogP contribution in [0.5, 0.6) is 0 Å². The van der Waals surface area contributed by atoms with Gasteiger partial charge in [-0.05, 0) is 24.3 Å². The zero-order valence-corrected chi connectivity index (χ0v) is 11.6. The zero-order chi connectivity index (χ0) is 14.3. The van der Waals surface area contributed by atoms with Crippen LogP contribution in [0.1, 0.15) is 10.4 Å². The van der Waals surface area contributed by atoms with E-state index in [2.05, 4.69) is 4.98 Å². The summed E-state index contributed by atoms with van der Waals surface area (Å²) in [5, 5.41) is 9.96. The van der Waals surface area contributed by atoms with E-state index in [1.165, 1.54) is 12.3 Å². The van der Waals surface area contributed by atoms with Gasteiger partial charge in [-0.25, -0.2) is 9.78 Å². The number of fused-ring (bicyclic) bond motifs is 1. The summed E-state index contributed by atoms with van der Waals surface area (Å²) in [6.07, 6.45) is 1.49. The van der Waals surface area contributed by atoms with Crippen LogP contribution in [0.15, 0.2) is 42.6 Å². The molecule has 0 saturated carbocycles. The van der Waals surface area contributed by atoms with E-state index in [0.29, 0.717) is 21.5 Å². The second-order valence-corrected chi connectivity index (χ2v) is 5.01. The summed E-state index contributed by atoms with van der Waals surface area (Å²) in [7, 11) is 0. The minimum Gasteiger partial charge on any atom is -0.478 e. The van der Waals surface area contributed by atoms with Crippen molar-refractivity contribution in [3.8, 4) is 11.4 Å². The largest absolute Gasteiger partial charge is 0.478 e. The highest BCUT2D eigenvalue weighted by Crippen LogP contribution is 2.27. The third-order valence-electron chi connectivity index (χ3n) is 2.92. The number of aromatic carboxylic acids is 1. The Bertz CT molecular complexity index is 827. The monoisotopic (exact) mass is 306 g/mol. The lowest BCUT2D eigenvalue weighted by Crippen LogP contribution is -1.99. The van der Waals surface area contributed by atoms with Crippen molar-refractivity contribution in [1.82, 2.24) is 9.38 Å². The summed E-state index contributed by atoms with van der Waals surface area (Å²) in [5.41, 5.74) is 1.57. The molecule has 0 saturated heterocycles. The summed E-state index contributed by atoms with van der Waals surface area (Å²) in [5.74, 6) is -0.454. The quantitative estimate of drug-likeness (QED) is 0.778. The van der Waals surface area contributed by atoms with Gasteiger partial charge < -0.3 is 5.11 Å². The molecular formula is C14H8Cl2N2O2. The normalized spacial score (nSPS) is 10.9. The molecule has 6 heteroatoms. The van der Waals surface area contributed by atoms with Crippen LogP contribution in [-0.2, 0) is 0 Å². The van der Waals surface area contributed by atoms with Gasteiger partial charge in [0.2, 0.25) is 0 Å². The molecule has 20 heavy (non-hydrogen) atoms. The van der Waals surface area contributed by atoms with E-state index in [-0.39, 0.29) is 5.56 Å². The Labute approximate surface area is 124 Å². The molecule has 0 atom stereocenters. The van der Waals surface area contributed by atoms with Crippen molar-refractivity contribution in [3.05, 3.63) is 58.3 Å². The molecule has 0 fully saturated rings. The molecule has 1 aromatic carbocycles. The van der Waals surface area contributed by atoms with Crippen LogP contribution in [-0.4, -0.2) is 20.5 Å². The predicted octanol–water partition coefficient (Wildman–Crippen LogP) is 4.01. The number of halogens is 2. The average Bonchev–Trinajstić information content (AvgIpc) is 2.76. The van der Waals surface area contributed by atoms with E-state index in [1.807, 2.05) is 6.07 Å². The van der Waals surface area contributed by atoms with Gasteiger partial charge in [0.05, 0.1) is 11.1 Å². The number of carboxylic acid groups (broad SMARTS) is 1. The first-order valence-corrected chi connectivity index (χ1v) is 6.48. The number of hydrogen-bond donors (Lipinski definition) is 1. The second kappa shape index (κ2) is 4.81. The molecule has 0 spiro atoms. The molecule has 3 rings (SSSR count). The fourth-order valence-corrected chi connectivity index (χ4v) is 2.43. The first kappa shape index (κ1) is 13.0. The Morgan fingerprint density at radius 3 is 2.70 bits per heavy atom. The molecular weight excluding hydrogens is 299 g/mol. The average molecular weight is 307 g/mol. The van der Waals surface area contributed by atoms with Crippen molar-refractivity contribution < 1.29 is 9.90 Å². The SMILES string of the molecule is O=C(O)c1ccc2c(Cl)nc(-c3cccc(Cl)c3)n2c1. The first-order valence-electron chi connectivity index (χ1n) is 5.73. The molecule has 0 aliphatic carbocycles. The highest BCUT2D eigenvalue weighted by atomic mass is 35.5. The molecule has 1 N–H and O–H groups in total. The second-order valence-electron chi connectivity index (χ2n) is 4.21. The van der Waals surface area contributed by atoms with Crippen molar-refractivity contribution in [1.29, 1.82) is 0 Å². The van der Waals surface area contributed by atoms with Gasteiger partial charge in [0.1, 0.15) is 5.82 Å². The van der Waals surface area contributed by atoms with Gasteiger partial charge in [-0.3, -0.25) is 4.40 Å². The first-order chi connectivity index (χ1) is 9.56. The van der Waals surface area contributed by atoms with Crippen LogP contribution in [0.4, 0.5) is 0 Å². The minimum atomic E-state index is -1.01. The summed E-state index contributed by atoms with van der Waals surface area (Å²) in [6, 6.07) is 10.3. The van der Waals surface area contributed by atoms with Crippen molar-refractivity contribution in [3.63, 3.8) is 0 Å². The Kier molecular flexibility index (Phi) is 3.12. The molecule has 0 unspecified atom stereocenters. The van der Waals surface area contributed by atoms with Gasteiger partial charge >= 0.3 is 5.97 Å². The molecule has 2 heterocycles. The summed E-state index contributed by atoms with van der Waals surface area (Å²) < 4.78 is 1.65. The third kappa shape index (κ3) is 2.13. The molecule has 2 aromatic heterocycles. The molecule has 0 bridgehead atoms. The molecule has 4 nitrogen and oxygen atoms in total. The van der Waals surface area contributed by atoms with Crippen molar-refractivity contribution in [2.75, 3.05) is 0 Å². The van der Waals surface area contributed by atoms with Crippen LogP contribution in [0, 0.1) is 0 Å². The van der Waals surface area contributed by atoms with Crippen LogP contribution >= 0.6 is 23.2 Å². The van der Waals surface area contributed by atoms with Crippen LogP contribution in [0.25, 0.3) is 16.9 Å². The number of pyridine rings is 1. The van der Waals surface area contributed by atoms with Crippen LogP contribution in [0.2, 0.25) is 10.2 Å². The van der Waals surface area contributed by atoms with Crippen LogP contribution in [0.3, 0.4) is 0 Å².